The van der Waals surface area contributed by atoms with Crippen LogP contribution in [0.1, 0.15) is 27.9 Å². The summed E-state index contributed by atoms with van der Waals surface area (Å²) in [5, 5.41) is 5.74. The van der Waals surface area contributed by atoms with Crippen LogP contribution in [0.2, 0.25) is 0 Å². The highest BCUT2D eigenvalue weighted by molar-refractivity contribution is 6.04. The Morgan fingerprint density at radius 1 is 1.10 bits per heavy atom. The minimum atomic E-state index is -0.312. The predicted octanol–water partition coefficient (Wildman–Crippen LogP) is 2.77. The van der Waals surface area contributed by atoms with E-state index in [-0.39, 0.29) is 18.4 Å². The van der Waals surface area contributed by atoms with Crippen molar-refractivity contribution in [2.75, 3.05) is 51.3 Å². The van der Waals surface area contributed by atoms with Crippen LogP contribution in [-0.2, 0) is 9.53 Å². The molecule has 1 fully saturated rings. The van der Waals surface area contributed by atoms with Crippen LogP contribution >= 0.6 is 0 Å². The van der Waals surface area contributed by atoms with Crippen LogP contribution in [0.3, 0.4) is 0 Å². The fourth-order valence-electron chi connectivity index (χ4n) is 3.41. The molecule has 0 aromatic heterocycles. The van der Waals surface area contributed by atoms with E-state index in [1.54, 1.807) is 24.3 Å². The van der Waals surface area contributed by atoms with E-state index in [0.29, 0.717) is 23.5 Å². The Labute approximate surface area is 183 Å². The van der Waals surface area contributed by atoms with Crippen molar-refractivity contribution in [1.82, 2.24) is 10.2 Å². The molecule has 1 heterocycles. The summed E-state index contributed by atoms with van der Waals surface area (Å²) in [4.78, 5) is 27.4. The number of amides is 2. The molecule has 7 heteroatoms. The zero-order chi connectivity index (χ0) is 22.1. The van der Waals surface area contributed by atoms with E-state index >= 15 is 0 Å². The molecule has 0 saturated carbocycles. The van der Waals surface area contributed by atoms with Gasteiger partial charge in [-0.25, -0.2) is 0 Å². The van der Waals surface area contributed by atoms with Gasteiger partial charge in [0.2, 0.25) is 0 Å². The molecular weight excluding hydrogens is 394 g/mol. The van der Waals surface area contributed by atoms with Gasteiger partial charge >= 0.3 is 0 Å². The van der Waals surface area contributed by atoms with Crippen LogP contribution in [0, 0.1) is 13.8 Å². The number of anilines is 1. The number of nitrogens with one attached hydrogen (secondary N) is 2. The first-order valence-electron chi connectivity index (χ1n) is 10.7. The molecule has 31 heavy (non-hydrogen) atoms. The molecule has 0 unspecified atom stereocenters. The van der Waals surface area contributed by atoms with Crippen LogP contribution < -0.4 is 15.4 Å². The summed E-state index contributed by atoms with van der Waals surface area (Å²) in [5.41, 5.74) is 2.95. The van der Waals surface area contributed by atoms with E-state index in [1.807, 2.05) is 32.0 Å². The molecule has 0 radical (unpaired) electrons. The largest absolute Gasteiger partial charge is 0.483 e. The van der Waals surface area contributed by atoms with E-state index in [9.17, 15) is 9.59 Å². The average molecular weight is 426 g/mol. The Hall–Kier alpha value is -2.90. The number of hydrogen-bond acceptors (Lipinski definition) is 5. The summed E-state index contributed by atoms with van der Waals surface area (Å²) in [6.45, 7) is 8.71. The lowest BCUT2D eigenvalue weighted by molar-refractivity contribution is -0.118. The Morgan fingerprint density at radius 3 is 2.68 bits per heavy atom. The Bertz CT molecular complexity index is 894. The highest BCUT2D eigenvalue weighted by Crippen LogP contribution is 2.19. The van der Waals surface area contributed by atoms with Crippen molar-refractivity contribution in [3.05, 3.63) is 59.2 Å². The molecule has 1 saturated heterocycles. The molecule has 0 aliphatic carbocycles. The lowest BCUT2D eigenvalue weighted by atomic mass is 10.1. The van der Waals surface area contributed by atoms with Crippen LogP contribution in [0.5, 0.6) is 5.75 Å². The number of para-hydroxylation sites is 1. The van der Waals surface area contributed by atoms with Gasteiger partial charge in [-0.15, -0.1) is 0 Å². The second-order valence-electron chi connectivity index (χ2n) is 7.71. The van der Waals surface area contributed by atoms with E-state index in [2.05, 4.69) is 15.5 Å². The van der Waals surface area contributed by atoms with Crippen LogP contribution in [0.15, 0.2) is 42.5 Å². The van der Waals surface area contributed by atoms with Gasteiger partial charge in [-0.1, -0.05) is 24.3 Å². The molecule has 2 amide bonds. The van der Waals surface area contributed by atoms with Crippen molar-refractivity contribution >= 4 is 17.5 Å². The number of hydrogen-bond donors (Lipinski definition) is 2. The van der Waals surface area contributed by atoms with Gasteiger partial charge < -0.3 is 20.1 Å². The fourth-order valence-corrected chi connectivity index (χ4v) is 3.41. The van der Waals surface area contributed by atoms with E-state index < -0.39 is 0 Å². The van der Waals surface area contributed by atoms with E-state index in [0.717, 1.165) is 50.4 Å². The minimum absolute atomic E-state index is 0.125. The lowest BCUT2D eigenvalue weighted by Crippen LogP contribution is -2.38. The molecule has 0 bridgehead atoms. The zero-order valence-corrected chi connectivity index (χ0v) is 18.3. The third kappa shape index (κ3) is 7.08. The summed E-state index contributed by atoms with van der Waals surface area (Å²) in [7, 11) is 0. The zero-order valence-electron chi connectivity index (χ0n) is 18.3. The third-order valence-electron chi connectivity index (χ3n) is 5.19. The van der Waals surface area contributed by atoms with Crippen molar-refractivity contribution in [3.63, 3.8) is 0 Å². The average Bonchev–Trinajstić information content (AvgIpc) is 2.78. The molecule has 1 aliphatic heterocycles. The quantitative estimate of drug-likeness (QED) is 0.604. The predicted molar refractivity (Wildman–Crippen MR) is 121 cm³/mol. The number of rotatable bonds is 9. The highest BCUT2D eigenvalue weighted by atomic mass is 16.5. The van der Waals surface area contributed by atoms with Gasteiger partial charge in [0.25, 0.3) is 11.8 Å². The Balaban J connectivity index is 1.48. The van der Waals surface area contributed by atoms with E-state index in [1.165, 1.54) is 0 Å². The maximum atomic E-state index is 12.6. The third-order valence-corrected chi connectivity index (χ3v) is 5.19. The smallest absolute Gasteiger partial charge is 0.262 e. The standard InChI is InChI=1S/C24H31N3O4/c1-18-8-9-19(2)22(16-18)31-17-23(28)26-21-7-4-3-6-20(21)24(29)25-10-5-11-27-12-14-30-15-13-27/h3-4,6-9,16H,5,10-15,17H2,1-2H3,(H,25,29)(H,26,28). The van der Waals surface area contributed by atoms with Gasteiger partial charge in [0.15, 0.2) is 6.61 Å². The topological polar surface area (TPSA) is 79.9 Å². The molecule has 7 nitrogen and oxygen atoms in total. The number of carbonyl (C=O) groups excluding carboxylic acids is 2. The summed E-state index contributed by atoms with van der Waals surface area (Å²) >= 11 is 0. The molecule has 2 N–H and O–H groups in total. The maximum Gasteiger partial charge on any atom is 0.262 e. The first-order chi connectivity index (χ1) is 15.0. The summed E-state index contributed by atoms with van der Waals surface area (Å²) in [6.07, 6.45) is 0.865. The number of aryl methyl sites for hydroxylation is 2. The van der Waals surface area contributed by atoms with Crippen molar-refractivity contribution in [1.29, 1.82) is 0 Å². The van der Waals surface area contributed by atoms with E-state index in [4.69, 9.17) is 9.47 Å². The lowest BCUT2D eigenvalue weighted by Gasteiger charge is -2.26. The fraction of sp³-hybridized carbons (Fsp3) is 0.417. The number of carbonyl (C=O) groups is 2. The number of ether oxygens (including phenoxy) is 2. The summed E-state index contributed by atoms with van der Waals surface area (Å²) < 4.78 is 11.0. The van der Waals surface area contributed by atoms with Crippen LogP contribution in [-0.4, -0.2) is 62.7 Å². The highest BCUT2D eigenvalue weighted by Gasteiger charge is 2.14. The monoisotopic (exact) mass is 425 g/mol. The maximum absolute atomic E-state index is 12.6. The normalized spacial score (nSPS) is 14.1. The van der Waals surface area contributed by atoms with Crippen LogP contribution in [0.4, 0.5) is 5.69 Å². The first-order valence-corrected chi connectivity index (χ1v) is 10.7. The molecule has 2 aromatic carbocycles. The molecule has 3 rings (SSSR count). The Morgan fingerprint density at radius 2 is 1.87 bits per heavy atom. The van der Waals surface area contributed by atoms with Gasteiger partial charge in [0.05, 0.1) is 24.5 Å². The SMILES string of the molecule is Cc1ccc(C)c(OCC(=O)Nc2ccccc2C(=O)NCCCN2CCOCC2)c1. The van der Waals surface area contributed by atoms with Crippen molar-refractivity contribution in [2.24, 2.45) is 0 Å². The number of morpholine rings is 1. The molecule has 2 aromatic rings. The van der Waals surface area contributed by atoms with Crippen molar-refractivity contribution < 1.29 is 19.1 Å². The molecule has 166 valence electrons. The Kier molecular flexibility index (Phi) is 8.44. The molecular formula is C24H31N3O4. The minimum Gasteiger partial charge on any atom is -0.483 e. The van der Waals surface area contributed by atoms with Gasteiger partial charge in [0.1, 0.15) is 5.75 Å². The summed E-state index contributed by atoms with van der Waals surface area (Å²) in [5.74, 6) is 0.170. The number of benzene rings is 2. The van der Waals surface area contributed by atoms with Crippen molar-refractivity contribution in [2.45, 2.75) is 20.3 Å². The van der Waals surface area contributed by atoms with Crippen molar-refractivity contribution in [3.8, 4) is 5.75 Å². The summed E-state index contributed by atoms with van der Waals surface area (Å²) in [6, 6.07) is 12.9. The van der Waals surface area contributed by atoms with Gasteiger partial charge in [0, 0.05) is 19.6 Å². The first kappa shape index (κ1) is 22.8. The second kappa shape index (κ2) is 11.5. The van der Waals surface area contributed by atoms with Gasteiger partial charge in [-0.05, 0) is 56.1 Å². The van der Waals surface area contributed by atoms with Gasteiger partial charge in [-0.2, -0.15) is 0 Å². The second-order valence-corrected chi connectivity index (χ2v) is 7.71. The molecule has 0 spiro atoms. The van der Waals surface area contributed by atoms with Gasteiger partial charge in [-0.3, -0.25) is 14.5 Å². The molecule has 1 aliphatic rings. The van der Waals surface area contributed by atoms with Crippen LogP contribution in [0.25, 0.3) is 0 Å². The molecule has 0 atom stereocenters. The number of nitrogens with zero attached hydrogens (tertiary/aromatic N) is 1.